The largest absolute Gasteiger partial charge is 0.367 e. The summed E-state index contributed by atoms with van der Waals surface area (Å²) < 4.78 is 41.8. The van der Waals surface area contributed by atoms with Crippen LogP contribution in [0.3, 0.4) is 0 Å². The Morgan fingerprint density at radius 1 is 0.970 bits per heavy atom. The van der Waals surface area contributed by atoms with Crippen molar-refractivity contribution in [1.82, 2.24) is 4.31 Å². The van der Waals surface area contributed by atoms with Crippen LogP contribution in [0, 0.1) is 12.7 Å². The second-order valence-electron chi connectivity index (χ2n) is 7.78. The topological polar surface area (TPSA) is 69.7 Å². The number of carbonyl (C=O) groups is 1. The van der Waals surface area contributed by atoms with Crippen LogP contribution in [0.4, 0.5) is 15.8 Å². The molecule has 0 aliphatic carbocycles. The van der Waals surface area contributed by atoms with Crippen LogP contribution < -0.4 is 10.2 Å². The van der Waals surface area contributed by atoms with Gasteiger partial charge in [0.1, 0.15) is 5.82 Å². The van der Waals surface area contributed by atoms with E-state index in [0.717, 1.165) is 0 Å². The van der Waals surface area contributed by atoms with Crippen LogP contribution in [0.25, 0.3) is 0 Å². The van der Waals surface area contributed by atoms with Crippen LogP contribution in [-0.4, -0.2) is 44.8 Å². The zero-order valence-electron chi connectivity index (χ0n) is 18.0. The summed E-state index contributed by atoms with van der Waals surface area (Å²) in [6, 6.07) is 17.6. The third kappa shape index (κ3) is 5.03. The number of hydrogen-bond donors (Lipinski definition) is 1. The summed E-state index contributed by atoms with van der Waals surface area (Å²) in [4.78, 5) is 14.5. The number of amides is 1. The molecular weight excluding hydrogens is 465 g/mol. The third-order valence-corrected chi connectivity index (χ3v) is 7.77. The first-order valence-electron chi connectivity index (χ1n) is 10.4. The predicted molar refractivity (Wildman–Crippen MR) is 128 cm³/mol. The maximum absolute atomic E-state index is 14.1. The summed E-state index contributed by atoms with van der Waals surface area (Å²) in [6.45, 7) is 3.05. The van der Waals surface area contributed by atoms with E-state index in [9.17, 15) is 17.6 Å². The van der Waals surface area contributed by atoms with Crippen molar-refractivity contribution in [2.45, 2.75) is 11.8 Å². The van der Waals surface area contributed by atoms with E-state index in [4.69, 9.17) is 11.6 Å². The molecular formula is C24H23ClFN3O3S. The molecule has 6 nitrogen and oxygen atoms in total. The van der Waals surface area contributed by atoms with E-state index >= 15 is 0 Å². The number of sulfonamides is 1. The van der Waals surface area contributed by atoms with E-state index in [0.29, 0.717) is 40.6 Å². The highest BCUT2D eigenvalue weighted by Gasteiger charge is 2.29. The van der Waals surface area contributed by atoms with Gasteiger partial charge in [0.25, 0.3) is 5.91 Å². The smallest absolute Gasteiger partial charge is 0.255 e. The summed E-state index contributed by atoms with van der Waals surface area (Å²) in [6.07, 6.45) is 0. The molecule has 172 valence electrons. The van der Waals surface area contributed by atoms with E-state index in [1.807, 2.05) is 4.90 Å². The fourth-order valence-corrected chi connectivity index (χ4v) is 5.39. The van der Waals surface area contributed by atoms with Gasteiger partial charge < -0.3 is 10.2 Å². The third-order valence-electron chi connectivity index (χ3n) is 5.62. The van der Waals surface area contributed by atoms with Crippen molar-refractivity contribution in [2.24, 2.45) is 0 Å². The Kier molecular flexibility index (Phi) is 6.69. The van der Waals surface area contributed by atoms with Crippen LogP contribution >= 0.6 is 11.6 Å². The summed E-state index contributed by atoms with van der Waals surface area (Å²) >= 11 is 5.86. The molecule has 1 heterocycles. The molecule has 1 saturated heterocycles. The van der Waals surface area contributed by atoms with Gasteiger partial charge in [-0.3, -0.25) is 4.79 Å². The number of piperazine rings is 1. The minimum atomic E-state index is -3.72. The average Bonchev–Trinajstić information content (AvgIpc) is 2.81. The molecule has 1 aliphatic heterocycles. The molecule has 0 atom stereocenters. The molecule has 3 aromatic rings. The molecule has 1 amide bonds. The van der Waals surface area contributed by atoms with Crippen LogP contribution in [0.15, 0.2) is 71.6 Å². The lowest BCUT2D eigenvalue weighted by molar-refractivity contribution is 0.102. The summed E-state index contributed by atoms with van der Waals surface area (Å²) in [5.41, 5.74) is 2.08. The lowest BCUT2D eigenvalue weighted by atomic mass is 10.1. The number of nitrogens with zero attached hydrogens (tertiary/aromatic N) is 2. The van der Waals surface area contributed by atoms with E-state index in [2.05, 4.69) is 5.32 Å². The minimum Gasteiger partial charge on any atom is -0.367 e. The van der Waals surface area contributed by atoms with Crippen molar-refractivity contribution in [3.05, 3.63) is 88.7 Å². The number of halogens is 2. The normalized spacial score (nSPS) is 14.8. The standard InChI is InChI=1S/C24H23ClFN3O3S/c1-17-16-20(10-11-22(17)27-24(30)18-6-8-19(25)9-7-18)33(31,32)29-14-12-28(13-15-29)23-5-3-2-4-21(23)26/h2-11,16H,12-15H2,1H3,(H,27,30). The number of hydrogen-bond acceptors (Lipinski definition) is 4. The lowest BCUT2D eigenvalue weighted by Gasteiger charge is -2.35. The molecule has 4 rings (SSSR count). The first kappa shape index (κ1) is 23.2. The van der Waals surface area contributed by atoms with Crippen molar-refractivity contribution >= 4 is 38.9 Å². The number of carbonyl (C=O) groups excluding carboxylic acids is 1. The number of anilines is 2. The van der Waals surface area contributed by atoms with Crippen molar-refractivity contribution in [2.75, 3.05) is 36.4 Å². The predicted octanol–water partition coefficient (Wildman–Crippen LogP) is 4.55. The first-order chi connectivity index (χ1) is 15.8. The van der Waals surface area contributed by atoms with Crippen molar-refractivity contribution < 1.29 is 17.6 Å². The molecule has 1 aliphatic rings. The summed E-state index contributed by atoms with van der Waals surface area (Å²) in [7, 11) is -3.72. The Hall–Kier alpha value is -2.94. The Bertz CT molecular complexity index is 1270. The van der Waals surface area contributed by atoms with Crippen LogP contribution in [0.1, 0.15) is 15.9 Å². The van der Waals surface area contributed by atoms with Crippen LogP contribution in [-0.2, 0) is 10.0 Å². The molecule has 0 spiro atoms. The molecule has 0 unspecified atom stereocenters. The first-order valence-corrected chi connectivity index (χ1v) is 12.2. The second kappa shape index (κ2) is 9.51. The maximum atomic E-state index is 14.1. The highest BCUT2D eigenvalue weighted by Crippen LogP contribution is 2.26. The van der Waals surface area contributed by atoms with Gasteiger partial charge in [-0.2, -0.15) is 4.31 Å². The molecule has 3 aromatic carbocycles. The van der Waals surface area contributed by atoms with E-state index in [1.165, 1.54) is 16.4 Å². The van der Waals surface area contributed by atoms with E-state index in [1.54, 1.807) is 61.5 Å². The van der Waals surface area contributed by atoms with Gasteiger partial charge in [-0.25, -0.2) is 12.8 Å². The summed E-state index contributed by atoms with van der Waals surface area (Å²) in [5, 5.41) is 3.34. The Labute approximate surface area is 197 Å². The van der Waals surface area contributed by atoms with Gasteiger partial charge in [0, 0.05) is 42.5 Å². The van der Waals surface area contributed by atoms with Gasteiger partial charge in [0.2, 0.25) is 10.0 Å². The van der Waals surface area contributed by atoms with Crippen LogP contribution in [0.2, 0.25) is 5.02 Å². The molecule has 9 heteroatoms. The second-order valence-corrected chi connectivity index (χ2v) is 10.2. The molecule has 1 fully saturated rings. The fraction of sp³-hybridized carbons (Fsp3) is 0.208. The molecule has 33 heavy (non-hydrogen) atoms. The number of nitrogens with one attached hydrogen (secondary N) is 1. The molecule has 0 bridgehead atoms. The Balaban J connectivity index is 1.45. The zero-order chi connectivity index (χ0) is 23.6. The number of benzene rings is 3. The van der Waals surface area contributed by atoms with Gasteiger partial charge in [-0.05, 0) is 67.1 Å². The molecule has 0 radical (unpaired) electrons. The van der Waals surface area contributed by atoms with Crippen LogP contribution in [0.5, 0.6) is 0 Å². The van der Waals surface area contributed by atoms with Crippen molar-refractivity contribution in [3.63, 3.8) is 0 Å². The highest BCUT2D eigenvalue weighted by atomic mass is 35.5. The number of rotatable bonds is 5. The monoisotopic (exact) mass is 487 g/mol. The highest BCUT2D eigenvalue weighted by molar-refractivity contribution is 7.89. The van der Waals surface area contributed by atoms with Crippen molar-refractivity contribution in [1.29, 1.82) is 0 Å². The molecule has 0 aromatic heterocycles. The lowest BCUT2D eigenvalue weighted by Crippen LogP contribution is -2.48. The molecule has 1 N–H and O–H groups in total. The van der Waals surface area contributed by atoms with Gasteiger partial charge in [0.05, 0.1) is 10.6 Å². The van der Waals surface area contributed by atoms with Gasteiger partial charge in [0.15, 0.2) is 0 Å². The summed E-state index contributed by atoms with van der Waals surface area (Å²) in [5.74, 6) is -0.629. The fourth-order valence-electron chi connectivity index (χ4n) is 3.76. The Morgan fingerprint density at radius 3 is 2.27 bits per heavy atom. The molecule has 0 saturated carbocycles. The Morgan fingerprint density at radius 2 is 1.64 bits per heavy atom. The van der Waals surface area contributed by atoms with E-state index in [-0.39, 0.29) is 29.7 Å². The SMILES string of the molecule is Cc1cc(S(=O)(=O)N2CCN(c3ccccc3F)CC2)ccc1NC(=O)c1ccc(Cl)cc1. The average molecular weight is 488 g/mol. The van der Waals surface area contributed by atoms with Gasteiger partial charge >= 0.3 is 0 Å². The quantitative estimate of drug-likeness (QED) is 0.573. The number of aryl methyl sites for hydroxylation is 1. The zero-order valence-corrected chi connectivity index (χ0v) is 19.5. The maximum Gasteiger partial charge on any atom is 0.255 e. The minimum absolute atomic E-state index is 0.156. The van der Waals surface area contributed by atoms with Gasteiger partial charge in [-0.15, -0.1) is 0 Å². The van der Waals surface area contributed by atoms with E-state index < -0.39 is 10.0 Å². The number of para-hydroxylation sites is 1. The van der Waals surface area contributed by atoms with Crippen molar-refractivity contribution in [3.8, 4) is 0 Å². The van der Waals surface area contributed by atoms with Gasteiger partial charge in [-0.1, -0.05) is 23.7 Å².